The second-order valence-corrected chi connectivity index (χ2v) is 4.79. The fourth-order valence-corrected chi connectivity index (χ4v) is 2.50. The van der Waals surface area contributed by atoms with Crippen LogP contribution in [0.1, 0.15) is 18.4 Å². The van der Waals surface area contributed by atoms with Crippen LogP contribution in [0.3, 0.4) is 0 Å². The normalized spacial score (nSPS) is 17.4. The van der Waals surface area contributed by atoms with E-state index in [4.69, 9.17) is 19.9 Å². The summed E-state index contributed by atoms with van der Waals surface area (Å²) in [4.78, 5) is 11.5. The number of carboxylic acids is 1. The van der Waals surface area contributed by atoms with Gasteiger partial charge in [-0.2, -0.15) is 5.26 Å². The van der Waals surface area contributed by atoms with Crippen molar-refractivity contribution >= 4 is 5.97 Å². The van der Waals surface area contributed by atoms with Gasteiger partial charge < -0.3 is 29.8 Å². The molecule has 0 aliphatic carbocycles. The number of aliphatic carboxylic acids is 1. The van der Waals surface area contributed by atoms with Gasteiger partial charge in [-0.05, 0) is 25.1 Å². The third kappa shape index (κ3) is 2.79. The molecule has 7 nitrogen and oxygen atoms in total. The van der Waals surface area contributed by atoms with E-state index >= 15 is 0 Å². The van der Waals surface area contributed by atoms with Gasteiger partial charge in [0.1, 0.15) is 17.3 Å². The predicted octanol–water partition coefficient (Wildman–Crippen LogP) is 0.535. The Labute approximate surface area is 133 Å². The number of ether oxygens (including phenoxy) is 3. The molecule has 0 amide bonds. The lowest BCUT2D eigenvalue weighted by molar-refractivity contribution is -0.299. The van der Waals surface area contributed by atoms with Crippen molar-refractivity contribution in [2.75, 3.05) is 14.2 Å². The maximum atomic E-state index is 11.5. The van der Waals surface area contributed by atoms with E-state index in [0.717, 1.165) is 0 Å². The average molecular weight is 315 g/mol. The number of hydrogen-bond donors (Lipinski definition) is 1. The first-order valence-corrected chi connectivity index (χ1v) is 6.66. The highest BCUT2D eigenvalue weighted by atomic mass is 16.5. The number of methoxy groups -OCH3 is 2. The first-order valence-electron chi connectivity index (χ1n) is 6.66. The smallest absolute Gasteiger partial charge is 0.196 e. The van der Waals surface area contributed by atoms with Gasteiger partial charge in [0.05, 0.1) is 37.7 Å². The molecule has 7 heteroatoms. The van der Waals surface area contributed by atoms with Gasteiger partial charge in [0.2, 0.25) is 0 Å². The van der Waals surface area contributed by atoms with E-state index in [9.17, 15) is 15.2 Å². The minimum absolute atomic E-state index is 0.116. The van der Waals surface area contributed by atoms with Gasteiger partial charge in [0.15, 0.2) is 5.88 Å². The van der Waals surface area contributed by atoms with Crippen molar-refractivity contribution in [3.63, 3.8) is 0 Å². The number of carbonyl (C=O) groups excluding carboxylic acids is 1. The minimum atomic E-state index is -1.52. The molecule has 1 aromatic rings. The van der Waals surface area contributed by atoms with Crippen LogP contribution >= 0.6 is 0 Å². The van der Waals surface area contributed by atoms with Crippen LogP contribution < -0.4 is 20.3 Å². The zero-order chi connectivity index (χ0) is 17.1. The Balaban J connectivity index is 2.76. The summed E-state index contributed by atoms with van der Waals surface area (Å²) < 4.78 is 15.6. The Bertz CT molecular complexity index is 758. The minimum Gasteiger partial charge on any atom is -0.545 e. The Morgan fingerprint density at radius 3 is 2.61 bits per heavy atom. The first kappa shape index (κ1) is 16.2. The molecule has 1 aliphatic heterocycles. The summed E-state index contributed by atoms with van der Waals surface area (Å²) in [6, 6.07) is 6.85. The highest BCUT2D eigenvalue weighted by molar-refractivity contribution is 5.89. The number of nitrogens with two attached hydrogens (primary N) is 1. The summed E-state index contributed by atoms with van der Waals surface area (Å²) in [5.74, 6) is -1.69. The number of carbonyl (C=O) groups is 1. The van der Waals surface area contributed by atoms with Crippen molar-refractivity contribution in [3.05, 3.63) is 46.6 Å². The van der Waals surface area contributed by atoms with Crippen molar-refractivity contribution in [1.29, 1.82) is 5.26 Å². The predicted molar refractivity (Wildman–Crippen MR) is 77.9 cm³/mol. The summed E-state index contributed by atoms with van der Waals surface area (Å²) in [7, 11) is 2.92. The van der Waals surface area contributed by atoms with E-state index in [1.54, 1.807) is 18.2 Å². The SMILES string of the molecule is COc1ccc(OC)c([C@@H]2C(C#N)=C(C)OC(N)=C2C(=O)[O-])c1. The van der Waals surface area contributed by atoms with Gasteiger partial charge in [0, 0.05) is 11.1 Å². The van der Waals surface area contributed by atoms with Crippen molar-refractivity contribution in [3.8, 4) is 17.6 Å². The quantitative estimate of drug-likeness (QED) is 0.861. The summed E-state index contributed by atoms with van der Waals surface area (Å²) in [6.07, 6.45) is 0. The number of allylic oxidation sites excluding steroid dienone is 2. The second-order valence-electron chi connectivity index (χ2n) is 4.79. The van der Waals surface area contributed by atoms with Crippen LogP contribution in [0.5, 0.6) is 11.5 Å². The molecule has 1 heterocycles. The van der Waals surface area contributed by atoms with Crippen LogP contribution in [0.2, 0.25) is 0 Å². The molecule has 2 N–H and O–H groups in total. The molecule has 0 aromatic heterocycles. The fourth-order valence-electron chi connectivity index (χ4n) is 2.50. The fraction of sp³-hybridized carbons (Fsp3) is 0.250. The summed E-state index contributed by atoms with van der Waals surface area (Å²) in [5, 5.41) is 21.0. The van der Waals surface area contributed by atoms with Gasteiger partial charge in [-0.3, -0.25) is 0 Å². The summed E-state index contributed by atoms with van der Waals surface area (Å²) in [6.45, 7) is 1.54. The lowest BCUT2D eigenvalue weighted by Gasteiger charge is -2.29. The van der Waals surface area contributed by atoms with Gasteiger partial charge in [0.25, 0.3) is 0 Å². The van der Waals surface area contributed by atoms with Crippen LogP contribution in [0.4, 0.5) is 0 Å². The molecule has 0 saturated carbocycles. The zero-order valence-electron chi connectivity index (χ0n) is 12.9. The molecule has 1 aliphatic rings. The van der Waals surface area contributed by atoms with Crippen molar-refractivity contribution in [2.24, 2.45) is 5.73 Å². The van der Waals surface area contributed by atoms with Gasteiger partial charge >= 0.3 is 0 Å². The largest absolute Gasteiger partial charge is 0.545 e. The summed E-state index contributed by atoms with van der Waals surface area (Å²) in [5.41, 5.74) is 5.92. The van der Waals surface area contributed by atoms with Gasteiger partial charge in [-0.15, -0.1) is 0 Å². The molecule has 2 rings (SSSR count). The highest BCUT2D eigenvalue weighted by Gasteiger charge is 2.34. The molecule has 0 unspecified atom stereocenters. The maximum Gasteiger partial charge on any atom is 0.196 e. The Hall–Kier alpha value is -3.14. The van der Waals surface area contributed by atoms with E-state index in [-0.39, 0.29) is 22.8 Å². The molecular formula is C16H15N2O5-. The Morgan fingerprint density at radius 1 is 1.39 bits per heavy atom. The lowest BCUT2D eigenvalue weighted by Crippen LogP contribution is -2.34. The van der Waals surface area contributed by atoms with Gasteiger partial charge in [-0.1, -0.05) is 0 Å². The zero-order valence-corrected chi connectivity index (χ0v) is 12.9. The number of hydrogen-bond acceptors (Lipinski definition) is 7. The molecule has 1 aromatic carbocycles. The maximum absolute atomic E-state index is 11.5. The van der Waals surface area contributed by atoms with Crippen molar-refractivity contribution < 1.29 is 24.1 Å². The third-order valence-corrected chi connectivity index (χ3v) is 3.57. The number of carboxylic acid groups (broad SMARTS) is 1. The number of nitriles is 1. The Morgan fingerprint density at radius 2 is 2.09 bits per heavy atom. The molecule has 0 saturated heterocycles. The van der Waals surface area contributed by atoms with Crippen LogP contribution in [-0.2, 0) is 9.53 Å². The van der Waals surface area contributed by atoms with Crippen LogP contribution in [0, 0.1) is 11.3 Å². The molecule has 23 heavy (non-hydrogen) atoms. The Kier molecular flexibility index (Phi) is 4.46. The topological polar surface area (TPSA) is 118 Å². The van der Waals surface area contributed by atoms with Crippen molar-refractivity contribution in [1.82, 2.24) is 0 Å². The van der Waals surface area contributed by atoms with E-state index < -0.39 is 11.9 Å². The van der Waals surface area contributed by atoms with Crippen LogP contribution in [0.15, 0.2) is 41.0 Å². The monoisotopic (exact) mass is 315 g/mol. The molecule has 120 valence electrons. The van der Waals surface area contributed by atoms with Crippen LogP contribution in [-0.4, -0.2) is 20.2 Å². The van der Waals surface area contributed by atoms with E-state index in [1.807, 2.05) is 6.07 Å². The molecule has 0 spiro atoms. The van der Waals surface area contributed by atoms with E-state index in [2.05, 4.69) is 0 Å². The third-order valence-electron chi connectivity index (χ3n) is 3.57. The van der Waals surface area contributed by atoms with E-state index in [1.165, 1.54) is 21.1 Å². The number of benzene rings is 1. The molecule has 0 radical (unpaired) electrons. The highest BCUT2D eigenvalue weighted by Crippen LogP contribution is 2.43. The first-order chi connectivity index (χ1) is 10.9. The molecule has 0 bridgehead atoms. The molecule has 0 fully saturated rings. The standard InChI is InChI=1S/C16H16N2O5/c1-8-11(7-17)13(14(16(19)20)15(18)23-8)10-6-9(21-2)4-5-12(10)22-3/h4-6,13H,18H2,1-3H3,(H,19,20)/p-1/t13-/m1/s1. The van der Waals surface area contributed by atoms with E-state index in [0.29, 0.717) is 17.1 Å². The number of rotatable bonds is 4. The van der Waals surface area contributed by atoms with Crippen molar-refractivity contribution in [2.45, 2.75) is 12.8 Å². The lowest BCUT2D eigenvalue weighted by atomic mass is 9.82. The molecular weight excluding hydrogens is 300 g/mol. The van der Waals surface area contributed by atoms with Crippen LogP contribution in [0.25, 0.3) is 0 Å². The van der Waals surface area contributed by atoms with Gasteiger partial charge in [-0.25, -0.2) is 0 Å². The summed E-state index contributed by atoms with van der Waals surface area (Å²) >= 11 is 0. The average Bonchev–Trinajstić information content (AvgIpc) is 2.53. The second kappa shape index (κ2) is 6.32. The molecule has 1 atom stereocenters. The number of nitrogens with zero attached hydrogens (tertiary/aromatic N) is 1.